The molecule has 0 amide bonds. The van der Waals surface area contributed by atoms with Gasteiger partial charge in [-0.15, -0.1) is 0 Å². The topological polar surface area (TPSA) is 63.7 Å². The summed E-state index contributed by atoms with van der Waals surface area (Å²) >= 11 is 12.9. The Morgan fingerprint density at radius 1 is 0.943 bits per heavy atom. The zero-order chi connectivity index (χ0) is 24.5. The number of Topliss-reactive ketones (excluding diaryl/α,β-unsaturated/α-hetero) is 2. The Hall–Kier alpha value is -3.41. The number of benzene rings is 3. The van der Waals surface area contributed by atoms with E-state index in [1.165, 1.54) is 7.11 Å². The number of fused-ring (bicyclic) bond motifs is 5. The van der Waals surface area contributed by atoms with E-state index in [-0.39, 0.29) is 16.6 Å². The van der Waals surface area contributed by atoms with E-state index in [4.69, 9.17) is 27.9 Å². The Kier molecular flexibility index (Phi) is 4.92. The number of carbonyl (C=O) groups excluding carboxylic acids is 3. The first-order valence-electron chi connectivity index (χ1n) is 11.2. The molecule has 3 atom stereocenters. The quantitative estimate of drug-likeness (QED) is 0.336. The first kappa shape index (κ1) is 22.1. The number of esters is 1. The third-order valence-corrected chi connectivity index (χ3v) is 8.02. The van der Waals surface area contributed by atoms with Crippen LogP contribution in [0.4, 0.5) is 5.69 Å². The molecule has 174 valence electrons. The van der Waals surface area contributed by atoms with E-state index in [0.717, 1.165) is 11.3 Å². The van der Waals surface area contributed by atoms with Crippen LogP contribution in [0.2, 0.25) is 10.0 Å². The summed E-state index contributed by atoms with van der Waals surface area (Å²) < 4.78 is 5.27. The highest BCUT2D eigenvalue weighted by Gasteiger charge is 2.72. The number of rotatable bonds is 2. The molecule has 1 fully saturated rings. The standard InChI is InChI=1S/C28H19Cl2NO4/c1-35-27(34)24-23(19-12-11-16(29)14-20(19)30)28(25(32)17-7-3-4-8-18(17)26(28)33)22-13-10-15-6-2-5-9-21(15)31(22)24/h2-14,22-24H,1H3/t22-,23-,24+/m1/s1. The third kappa shape index (κ3) is 2.79. The van der Waals surface area contributed by atoms with Gasteiger partial charge in [0.15, 0.2) is 11.6 Å². The summed E-state index contributed by atoms with van der Waals surface area (Å²) in [5, 5.41) is 0.695. The van der Waals surface area contributed by atoms with E-state index < -0.39 is 29.4 Å². The molecule has 1 spiro atoms. The Bertz CT molecular complexity index is 1430. The Balaban J connectivity index is 1.71. The number of ketones is 2. The fraction of sp³-hybridized carbons (Fsp3) is 0.179. The van der Waals surface area contributed by atoms with E-state index in [2.05, 4.69) is 0 Å². The molecule has 3 aromatic rings. The van der Waals surface area contributed by atoms with Crippen molar-refractivity contribution in [3.63, 3.8) is 0 Å². The molecule has 2 aliphatic heterocycles. The SMILES string of the molecule is COC(=O)[C@@H]1[C@@H](c2ccc(Cl)cc2Cl)C2(C(=O)c3ccccc3C2=O)[C@H]2C=Cc3ccccc3N12. The van der Waals surface area contributed by atoms with Crippen molar-refractivity contribution in [3.8, 4) is 0 Å². The van der Waals surface area contributed by atoms with Gasteiger partial charge in [-0.3, -0.25) is 9.59 Å². The zero-order valence-corrected chi connectivity index (χ0v) is 20.1. The van der Waals surface area contributed by atoms with Gasteiger partial charge in [0.2, 0.25) is 0 Å². The zero-order valence-electron chi connectivity index (χ0n) is 18.6. The van der Waals surface area contributed by atoms with Gasteiger partial charge < -0.3 is 9.64 Å². The Labute approximate surface area is 211 Å². The number of hydrogen-bond acceptors (Lipinski definition) is 5. The highest BCUT2D eigenvalue weighted by atomic mass is 35.5. The summed E-state index contributed by atoms with van der Waals surface area (Å²) in [6, 6.07) is 17.6. The maximum Gasteiger partial charge on any atom is 0.329 e. The molecular formula is C28H19Cl2NO4. The maximum absolute atomic E-state index is 14.3. The molecule has 2 heterocycles. The van der Waals surface area contributed by atoms with Crippen molar-refractivity contribution in [2.75, 3.05) is 12.0 Å². The predicted molar refractivity (Wildman–Crippen MR) is 134 cm³/mol. The van der Waals surface area contributed by atoms with Crippen LogP contribution < -0.4 is 4.90 Å². The highest BCUT2D eigenvalue weighted by Crippen LogP contribution is 2.61. The maximum atomic E-state index is 14.3. The van der Waals surface area contributed by atoms with Crippen molar-refractivity contribution in [2.45, 2.75) is 18.0 Å². The predicted octanol–water partition coefficient (Wildman–Crippen LogP) is 5.60. The van der Waals surface area contributed by atoms with Crippen molar-refractivity contribution in [1.29, 1.82) is 0 Å². The summed E-state index contributed by atoms with van der Waals surface area (Å²) in [6.07, 6.45) is 3.76. The number of nitrogens with zero attached hydrogens (tertiary/aromatic N) is 1. The van der Waals surface area contributed by atoms with Gasteiger partial charge in [-0.05, 0) is 29.3 Å². The van der Waals surface area contributed by atoms with Crippen LogP contribution in [0.5, 0.6) is 0 Å². The molecule has 7 heteroatoms. The number of halogens is 2. The van der Waals surface area contributed by atoms with E-state index in [9.17, 15) is 14.4 Å². The molecule has 0 aromatic heterocycles. The van der Waals surface area contributed by atoms with Gasteiger partial charge in [0.25, 0.3) is 0 Å². The lowest BCUT2D eigenvalue weighted by Gasteiger charge is -2.36. The van der Waals surface area contributed by atoms with Crippen LogP contribution in [0.1, 0.15) is 37.8 Å². The first-order valence-corrected chi connectivity index (χ1v) is 11.9. The normalized spacial score (nSPS) is 23.3. The third-order valence-electron chi connectivity index (χ3n) is 7.45. The molecule has 0 unspecified atom stereocenters. The van der Waals surface area contributed by atoms with Gasteiger partial charge in [0, 0.05) is 32.8 Å². The number of anilines is 1. The number of para-hydroxylation sites is 1. The minimum Gasteiger partial charge on any atom is -0.467 e. The van der Waals surface area contributed by atoms with Crippen LogP contribution >= 0.6 is 23.2 Å². The second kappa shape index (κ2) is 7.80. The van der Waals surface area contributed by atoms with Gasteiger partial charge in [0.1, 0.15) is 11.5 Å². The lowest BCUT2D eigenvalue weighted by Crippen LogP contribution is -2.48. The fourth-order valence-electron chi connectivity index (χ4n) is 6.11. The molecule has 0 bridgehead atoms. The molecule has 5 nitrogen and oxygen atoms in total. The van der Waals surface area contributed by atoms with Gasteiger partial charge >= 0.3 is 5.97 Å². The molecule has 0 radical (unpaired) electrons. The van der Waals surface area contributed by atoms with Gasteiger partial charge in [-0.2, -0.15) is 0 Å². The second-order valence-electron chi connectivity index (χ2n) is 8.95. The summed E-state index contributed by atoms with van der Waals surface area (Å²) in [5.41, 5.74) is 1.23. The van der Waals surface area contributed by atoms with Gasteiger partial charge in [-0.1, -0.05) is 83.9 Å². The monoisotopic (exact) mass is 503 g/mol. The molecule has 3 aliphatic rings. The number of carbonyl (C=O) groups is 3. The number of methoxy groups -OCH3 is 1. The van der Waals surface area contributed by atoms with E-state index in [0.29, 0.717) is 21.7 Å². The molecule has 0 N–H and O–H groups in total. The van der Waals surface area contributed by atoms with Crippen LogP contribution in [-0.4, -0.2) is 36.7 Å². The molecular weight excluding hydrogens is 485 g/mol. The second-order valence-corrected chi connectivity index (χ2v) is 9.80. The average Bonchev–Trinajstić information content (AvgIpc) is 3.30. The lowest BCUT2D eigenvalue weighted by atomic mass is 9.64. The van der Waals surface area contributed by atoms with Crippen molar-refractivity contribution in [3.05, 3.63) is 105 Å². The smallest absolute Gasteiger partial charge is 0.329 e. The Morgan fingerprint density at radius 3 is 2.26 bits per heavy atom. The summed E-state index contributed by atoms with van der Waals surface area (Å²) in [6.45, 7) is 0. The first-order chi connectivity index (χ1) is 16.9. The van der Waals surface area contributed by atoms with Crippen LogP contribution in [0.15, 0.2) is 72.8 Å². The summed E-state index contributed by atoms with van der Waals surface area (Å²) in [5.74, 6) is -2.10. The summed E-state index contributed by atoms with van der Waals surface area (Å²) in [4.78, 5) is 44.0. The van der Waals surface area contributed by atoms with E-state index in [1.807, 2.05) is 41.3 Å². The van der Waals surface area contributed by atoms with Gasteiger partial charge in [0.05, 0.1) is 13.2 Å². The molecule has 1 aliphatic carbocycles. The van der Waals surface area contributed by atoms with Crippen molar-refractivity contribution in [1.82, 2.24) is 0 Å². The van der Waals surface area contributed by atoms with Crippen LogP contribution in [0.3, 0.4) is 0 Å². The molecule has 0 saturated carbocycles. The van der Waals surface area contributed by atoms with Crippen molar-refractivity contribution < 1.29 is 19.1 Å². The molecule has 35 heavy (non-hydrogen) atoms. The van der Waals surface area contributed by atoms with Gasteiger partial charge in [-0.25, -0.2) is 4.79 Å². The van der Waals surface area contributed by atoms with Crippen LogP contribution in [0.25, 0.3) is 6.08 Å². The highest BCUT2D eigenvalue weighted by molar-refractivity contribution is 6.36. The number of ether oxygens (including phenoxy) is 1. The largest absolute Gasteiger partial charge is 0.467 e. The minimum absolute atomic E-state index is 0.282. The lowest BCUT2D eigenvalue weighted by molar-refractivity contribution is -0.142. The molecule has 1 saturated heterocycles. The molecule has 3 aromatic carbocycles. The average molecular weight is 504 g/mol. The van der Waals surface area contributed by atoms with Crippen LogP contribution in [0, 0.1) is 5.41 Å². The van der Waals surface area contributed by atoms with Crippen LogP contribution in [-0.2, 0) is 9.53 Å². The van der Waals surface area contributed by atoms with Crippen molar-refractivity contribution >= 4 is 52.5 Å². The van der Waals surface area contributed by atoms with E-state index >= 15 is 0 Å². The fourth-order valence-corrected chi connectivity index (χ4v) is 6.63. The molecule has 6 rings (SSSR count). The Morgan fingerprint density at radius 2 is 1.60 bits per heavy atom. The number of hydrogen-bond donors (Lipinski definition) is 0. The van der Waals surface area contributed by atoms with Crippen molar-refractivity contribution in [2.24, 2.45) is 5.41 Å². The summed E-state index contributed by atoms with van der Waals surface area (Å²) in [7, 11) is 1.31. The minimum atomic E-state index is -1.61. The van der Waals surface area contributed by atoms with E-state index in [1.54, 1.807) is 42.5 Å².